The van der Waals surface area contributed by atoms with Crippen LogP contribution in [0.1, 0.15) is 12.0 Å². The van der Waals surface area contributed by atoms with Gasteiger partial charge in [0.05, 0.1) is 13.0 Å². The van der Waals surface area contributed by atoms with Crippen molar-refractivity contribution in [2.45, 2.75) is 18.9 Å². The van der Waals surface area contributed by atoms with Crippen LogP contribution in [0.15, 0.2) is 78.2 Å². The number of nitrogens with one attached hydrogen (secondary N) is 1. The molecule has 2 aromatic rings. The molecule has 0 saturated heterocycles. The van der Waals surface area contributed by atoms with Crippen molar-refractivity contribution < 1.29 is 19.8 Å². The minimum atomic E-state index is -0.969. The zero-order valence-electron chi connectivity index (χ0n) is 16.2. The highest BCUT2D eigenvalue weighted by Crippen LogP contribution is 2.20. The number of likely N-dealkylation sites (N-methyl/N-ethyl adjacent to an activating group) is 1. The Bertz CT molecular complexity index is 933. The standard InChI is InChI=1S/C23H24N2O4/c1-25-15-19(11-12-21(25)26)23(29)24-20(14-22(27)28)13-16-7-9-18(10-8-16)17-5-3-2-4-6-17/h2-12,20,26H,13-15H2,1H3,(H,24,29)(H,27,28). The Morgan fingerprint density at radius 1 is 1.03 bits per heavy atom. The number of benzene rings is 2. The van der Waals surface area contributed by atoms with Gasteiger partial charge in [-0.1, -0.05) is 54.6 Å². The maximum Gasteiger partial charge on any atom is 0.305 e. The molecule has 2 aromatic carbocycles. The van der Waals surface area contributed by atoms with Crippen LogP contribution in [-0.2, 0) is 16.0 Å². The van der Waals surface area contributed by atoms with Crippen molar-refractivity contribution >= 4 is 11.9 Å². The molecule has 6 heteroatoms. The van der Waals surface area contributed by atoms with Crippen LogP contribution in [0.3, 0.4) is 0 Å². The first-order valence-electron chi connectivity index (χ1n) is 9.40. The van der Waals surface area contributed by atoms with E-state index in [2.05, 4.69) is 5.32 Å². The molecular weight excluding hydrogens is 368 g/mol. The summed E-state index contributed by atoms with van der Waals surface area (Å²) in [5.41, 5.74) is 3.61. The predicted octanol–water partition coefficient (Wildman–Crippen LogP) is 3.13. The van der Waals surface area contributed by atoms with Crippen molar-refractivity contribution in [3.8, 4) is 11.1 Å². The molecule has 1 atom stereocenters. The zero-order valence-corrected chi connectivity index (χ0v) is 16.2. The lowest BCUT2D eigenvalue weighted by Gasteiger charge is -2.24. The molecule has 29 heavy (non-hydrogen) atoms. The number of aliphatic carboxylic acids is 1. The van der Waals surface area contributed by atoms with E-state index in [0.29, 0.717) is 12.0 Å². The van der Waals surface area contributed by atoms with Crippen LogP contribution >= 0.6 is 0 Å². The molecule has 150 valence electrons. The van der Waals surface area contributed by atoms with Crippen LogP contribution in [-0.4, -0.2) is 46.6 Å². The molecule has 0 radical (unpaired) electrons. The number of carbonyl (C=O) groups excluding carboxylic acids is 1. The average molecular weight is 392 g/mol. The monoisotopic (exact) mass is 392 g/mol. The summed E-state index contributed by atoms with van der Waals surface area (Å²) in [6.07, 6.45) is 3.25. The van der Waals surface area contributed by atoms with Crippen LogP contribution < -0.4 is 5.32 Å². The quantitative estimate of drug-likeness (QED) is 0.674. The SMILES string of the molecule is CN1CC(C(=O)NC(CC(=O)O)Cc2ccc(-c3ccccc3)cc2)=CC=C1O. The van der Waals surface area contributed by atoms with Crippen molar-refractivity contribution in [1.82, 2.24) is 10.2 Å². The molecular formula is C23H24N2O4. The second-order valence-corrected chi connectivity index (χ2v) is 7.11. The van der Waals surface area contributed by atoms with Gasteiger partial charge in [0, 0.05) is 18.7 Å². The molecule has 1 heterocycles. The number of carboxylic acid groups (broad SMARTS) is 1. The Labute approximate surface area is 169 Å². The van der Waals surface area contributed by atoms with Crippen molar-refractivity contribution in [3.05, 3.63) is 83.8 Å². The normalized spacial score (nSPS) is 14.6. The van der Waals surface area contributed by atoms with Gasteiger partial charge in [-0.25, -0.2) is 0 Å². The van der Waals surface area contributed by atoms with Crippen molar-refractivity contribution in [3.63, 3.8) is 0 Å². The molecule has 0 bridgehead atoms. The highest BCUT2D eigenvalue weighted by atomic mass is 16.4. The first-order chi connectivity index (χ1) is 13.9. The first-order valence-corrected chi connectivity index (χ1v) is 9.40. The van der Waals surface area contributed by atoms with Gasteiger partial charge in [0.2, 0.25) is 5.91 Å². The molecule has 1 aliphatic heterocycles. The molecule has 3 rings (SSSR count). The number of rotatable bonds is 7. The second kappa shape index (κ2) is 9.10. The minimum absolute atomic E-state index is 0.0853. The number of carbonyl (C=O) groups is 2. The van der Waals surface area contributed by atoms with Crippen LogP contribution in [0, 0.1) is 0 Å². The first kappa shape index (κ1) is 20.2. The van der Waals surface area contributed by atoms with Gasteiger partial charge in [0.15, 0.2) is 5.88 Å². The molecule has 0 fully saturated rings. The van der Waals surface area contributed by atoms with E-state index in [9.17, 15) is 19.8 Å². The van der Waals surface area contributed by atoms with E-state index in [1.807, 2.05) is 54.6 Å². The Hall–Kier alpha value is -3.54. The predicted molar refractivity (Wildman–Crippen MR) is 111 cm³/mol. The van der Waals surface area contributed by atoms with Crippen LogP contribution in [0.25, 0.3) is 11.1 Å². The Kier molecular flexibility index (Phi) is 6.34. The topological polar surface area (TPSA) is 89.9 Å². The number of aliphatic hydroxyl groups is 1. The largest absolute Gasteiger partial charge is 0.495 e. The number of aliphatic hydroxyl groups excluding tert-OH is 1. The summed E-state index contributed by atoms with van der Waals surface area (Å²) in [6.45, 7) is 0.264. The van der Waals surface area contributed by atoms with Crippen molar-refractivity contribution in [2.24, 2.45) is 0 Å². The fourth-order valence-electron chi connectivity index (χ4n) is 3.25. The number of allylic oxidation sites excluding steroid dienone is 2. The summed E-state index contributed by atoms with van der Waals surface area (Å²) in [4.78, 5) is 25.4. The summed E-state index contributed by atoms with van der Waals surface area (Å²) in [5, 5.41) is 21.7. The third kappa shape index (κ3) is 5.48. The number of hydrogen-bond acceptors (Lipinski definition) is 4. The van der Waals surface area contributed by atoms with Gasteiger partial charge in [-0.3, -0.25) is 9.59 Å². The lowest BCUT2D eigenvalue weighted by Crippen LogP contribution is -2.41. The highest BCUT2D eigenvalue weighted by Gasteiger charge is 2.21. The van der Waals surface area contributed by atoms with Gasteiger partial charge >= 0.3 is 5.97 Å². The Morgan fingerprint density at radius 2 is 1.69 bits per heavy atom. The molecule has 3 N–H and O–H groups in total. The second-order valence-electron chi connectivity index (χ2n) is 7.11. The third-order valence-corrected chi connectivity index (χ3v) is 4.82. The van der Waals surface area contributed by atoms with Crippen molar-refractivity contribution in [2.75, 3.05) is 13.6 Å². The molecule has 0 aliphatic carbocycles. The summed E-state index contributed by atoms with van der Waals surface area (Å²) in [6, 6.07) is 17.4. The molecule has 1 aliphatic rings. The number of carboxylic acids is 1. The Balaban J connectivity index is 1.69. The maximum absolute atomic E-state index is 12.6. The molecule has 0 aromatic heterocycles. The van der Waals surface area contributed by atoms with E-state index < -0.39 is 12.0 Å². The van der Waals surface area contributed by atoms with Gasteiger partial charge in [-0.05, 0) is 35.3 Å². The molecule has 1 amide bonds. The average Bonchev–Trinajstić information content (AvgIpc) is 2.70. The van der Waals surface area contributed by atoms with Gasteiger partial charge in [0.1, 0.15) is 0 Å². The molecule has 0 spiro atoms. The minimum Gasteiger partial charge on any atom is -0.495 e. The van der Waals surface area contributed by atoms with Crippen molar-refractivity contribution in [1.29, 1.82) is 0 Å². The van der Waals surface area contributed by atoms with E-state index in [-0.39, 0.29) is 24.8 Å². The van der Waals surface area contributed by atoms with E-state index in [1.54, 1.807) is 18.0 Å². The van der Waals surface area contributed by atoms with Gasteiger partial charge < -0.3 is 20.4 Å². The van der Waals surface area contributed by atoms with Gasteiger partial charge in [0.25, 0.3) is 0 Å². The molecule has 0 saturated carbocycles. The number of nitrogens with zero attached hydrogens (tertiary/aromatic N) is 1. The van der Waals surface area contributed by atoms with E-state index in [4.69, 9.17) is 0 Å². The summed E-state index contributed by atoms with van der Waals surface area (Å²) >= 11 is 0. The van der Waals surface area contributed by atoms with Crippen LogP contribution in [0.2, 0.25) is 0 Å². The van der Waals surface area contributed by atoms with Gasteiger partial charge in [-0.15, -0.1) is 0 Å². The third-order valence-electron chi connectivity index (χ3n) is 4.82. The summed E-state index contributed by atoms with van der Waals surface area (Å²) in [5.74, 6) is -1.21. The van der Waals surface area contributed by atoms with Crippen LogP contribution in [0.5, 0.6) is 0 Å². The van der Waals surface area contributed by atoms with E-state index >= 15 is 0 Å². The lowest BCUT2D eigenvalue weighted by molar-refractivity contribution is -0.137. The van der Waals surface area contributed by atoms with Gasteiger partial charge in [-0.2, -0.15) is 0 Å². The smallest absolute Gasteiger partial charge is 0.305 e. The lowest BCUT2D eigenvalue weighted by atomic mass is 9.99. The maximum atomic E-state index is 12.6. The zero-order chi connectivity index (χ0) is 20.8. The summed E-state index contributed by atoms with van der Waals surface area (Å²) in [7, 11) is 1.68. The van der Waals surface area contributed by atoms with E-state index in [0.717, 1.165) is 16.7 Å². The highest BCUT2D eigenvalue weighted by molar-refractivity contribution is 5.94. The summed E-state index contributed by atoms with van der Waals surface area (Å²) < 4.78 is 0. The molecule has 1 unspecified atom stereocenters. The van der Waals surface area contributed by atoms with Crippen LogP contribution in [0.4, 0.5) is 0 Å². The number of amides is 1. The number of hydrogen-bond donors (Lipinski definition) is 3. The fourth-order valence-corrected chi connectivity index (χ4v) is 3.25. The Morgan fingerprint density at radius 3 is 2.31 bits per heavy atom. The molecule has 6 nitrogen and oxygen atoms in total. The fraction of sp³-hybridized carbons (Fsp3) is 0.217. The van der Waals surface area contributed by atoms with E-state index in [1.165, 1.54) is 6.08 Å².